The van der Waals surface area contributed by atoms with Gasteiger partial charge in [0.05, 0.1) is 17.8 Å². The van der Waals surface area contributed by atoms with Gasteiger partial charge in [-0.15, -0.1) is 0 Å². The van der Waals surface area contributed by atoms with Gasteiger partial charge in [0.15, 0.2) is 0 Å². The van der Waals surface area contributed by atoms with E-state index in [9.17, 15) is 0 Å². The zero-order chi connectivity index (χ0) is 13.6. The van der Waals surface area contributed by atoms with Gasteiger partial charge in [-0.25, -0.2) is 0 Å². The summed E-state index contributed by atoms with van der Waals surface area (Å²) in [6.07, 6.45) is 2.11. The largest absolute Gasteiger partial charge is 0.369 e. The maximum absolute atomic E-state index is 6.30. The number of hydrogen-bond acceptors (Lipinski definition) is 3. The van der Waals surface area contributed by atoms with Crippen molar-refractivity contribution in [2.75, 3.05) is 13.2 Å². The molecule has 2 aliphatic heterocycles. The van der Waals surface area contributed by atoms with Gasteiger partial charge in [-0.05, 0) is 40.0 Å². The molecule has 0 aliphatic carbocycles. The number of morpholine rings is 1. The zero-order valence-corrected chi connectivity index (χ0v) is 12.8. The zero-order valence-electron chi connectivity index (χ0n) is 12.8. The standard InChI is InChI=1S/C15H29NO2/c1-11(2)9-12-15(17-8-7-16-12)10-13(3,4)18-14(15,5)6/h11-12,16H,7-10H2,1-6H3. The van der Waals surface area contributed by atoms with Crippen LogP contribution in [0.25, 0.3) is 0 Å². The van der Waals surface area contributed by atoms with Crippen LogP contribution in [0.4, 0.5) is 0 Å². The van der Waals surface area contributed by atoms with Crippen LogP contribution < -0.4 is 5.32 Å². The minimum atomic E-state index is -0.233. The third kappa shape index (κ3) is 2.33. The van der Waals surface area contributed by atoms with E-state index in [1.54, 1.807) is 0 Å². The van der Waals surface area contributed by atoms with Crippen molar-refractivity contribution in [3.8, 4) is 0 Å². The smallest absolute Gasteiger partial charge is 0.114 e. The molecule has 2 heterocycles. The quantitative estimate of drug-likeness (QED) is 0.823. The summed E-state index contributed by atoms with van der Waals surface area (Å²) in [7, 11) is 0. The molecule has 0 bridgehead atoms. The molecule has 2 rings (SSSR count). The molecular formula is C15H29NO2. The van der Waals surface area contributed by atoms with Crippen molar-refractivity contribution in [1.29, 1.82) is 0 Å². The summed E-state index contributed by atoms with van der Waals surface area (Å²) in [4.78, 5) is 0. The second-order valence-corrected chi connectivity index (χ2v) is 7.42. The predicted octanol–water partition coefficient (Wildman–Crippen LogP) is 2.74. The predicted molar refractivity (Wildman–Crippen MR) is 73.8 cm³/mol. The van der Waals surface area contributed by atoms with E-state index in [1.165, 1.54) is 0 Å². The second-order valence-electron chi connectivity index (χ2n) is 7.42. The molecular weight excluding hydrogens is 226 g/mol. The Morgan fingerprint density at radius 3 is 2.39 bits per heavy atom. The molecule has 1 spiro atoms. The fourth-order valence-corrected chi connectivity index (χ4v) is 3.90. The summed E-state index contributed by atoms with van der Waals surface area (Å²) in [5, 5.41) is 3.67. The first kappa shape index (κ1) is 14.3. The molecule has 2 unspecified atom stereocenters. The summed E-state index contributed by atoms with van der Waals surface area (Å²) < 4.78 is 12.6. The number of ether oxygens (including phenoxy) is 2. The van der Waals surface area contributed by atoms with Crippen molar-refractivity contribution in [1.82, 2.24) is 5.32 Å². The highest BCUT2D eigenvalue weighted by Gasteiger charge is 2.62. The first-order valence-electron chi connectivity index (χ1n) is 7.26. The highest BCUT2D eigenvalue weighted by Crippen LogP contribution is 2.50. The second kappa shape index (κ2) is 4.46. The van der Waals surface area contributed by atoms with E-state index in [1.807, 2.05) is 0 Å². The molecule has 0 radical (unpaired) electrons. The molecule has 2 fully saturated rings. The molecule has 106 valence electrons. The van der Waals surface area contributed by atoms with Crippen molar-refractivity contribution in [2.45, 2.75) is 77.2 Å². The molecule has 0 aromatic heterocycles. The van der Waals surface area contributed by atoms with Crippen LogP contribution in [0, 0.1) is 5.92 Å². The lowest BCUT2D eigenvalue weighted by Gasteiger charge is -2.49. The summed E-state index contributed by atoms with van der Waals surface area (Å²) in [6.45, 7) is 15.0. The fourth-order valence-electron chi connectivity index (χ4n) is 3.90. The Bertz CT molecular complexity index is 312. The van der Waals surface area contributed by atoms with Crippen LogP contribution in [0.15, 0.2) is 0 Å². The Hall–Kier alpha value is -0.120. The van der Waals surface area contributed by atoms with E-state index in [4.69, 9.17) is 9.47 Å². The highest BCUT2D eigenvalue weighted by atomic mass is 16.6. The average Bonchev–Trinajstić information content (AvgIpc) is 2.35. The van der Waals surface area contributed by atoms with Crippen molar-refractivity contribution in [3.05, 3.63) is 0 Å². The summed E-state index contributed by atoms with van der Waals surface area (Å²) in [5.74, 6) is 0.667. The Balaban J connectivity index is 2.30. The van der Waals surface area contributed by atoms with E-state index in [0.717, 1.165) is 26.0 Å². The van der Waals surface area contributed by atoms with Gasteiger partial charge in [-0.1, -0.05) is 13.8 Å². The van der Waals surface area contributed by atoms with Gasteiger partial charge in [-0.2, -0.15) is 0 Å². The SMILES string of the molecule is CC(C)CC1NCCOC12CC(C)(C)OC2(C)C. The fraction of sp³-hybridized carbons (Fsp3) is 1.00. The molecule has 0 saturated carbocycles. The van der Waals surface area contributed by atoms with Gasteiger partial charge < -0.3 is 14.8 Å². The van der Waals surface area contributed by atoms with Crippen LogP contribution in [0.2, 0.25) is 0 Å². The Labute approximate surface area is 112 Å². The van der Waals surface area contributed by atoms with Crippen molar-refractivity contribution in [3.63, 3.8) is 0 Å². The topological polar surface area (TPSA) is 30.5 Å². The van der Waals surface area contributed by atoms with Crippen molar-refractivity contribution < 1.29 is 9.47 Å². The Morgan fingerprint density at radius 2 is 1.89 bits per heavy atom. The molecule has 18 heavy (non-hydrogen) atoms. The Kier molecular flexibility index (Phi) is 3.54. The summed E-state index contributed by atoms with van der Waals surface area (Å²) in [6, 6.07) is 0.392. The molecule has 3 nitrogen and oxygen atoms in total. The lowest BCUT2D eigenvalue weighted by atomic mass is 9.73. The van der Waals surface area contributed by atoms with E-state index in [2.05, 4.69) is 46.9 Å². The van der Waals surface area contributed by atoms with E-state index >= 15 is 0 Å². The first-order chi connectivity index (χ1) is 8.19. The normalized spacial score (nSPS) is 38.5. The van der Waals surface area contributed by atoms with Gasteiger partial charge in [0.2, 0.25) is 0 Å². The summed E-state index contributed by atoms with van der Waals surface area (Å²) in [5.41, 5.74) is -0.514. The number of nitrogens with one attached hydrogen (secondary N) is 1. The lowest BCUT2D eigenvalue weighted by Crippen LogP contribution is -2.65. The molecule has 1 N–H and O–H groups in total. The minimum absolute atomic E-state index is 0.0995. The lowest BCUT2D eigenvalue weighted by molar-refractivity contribution is -0.181. The molecule has 0 aromatic carbocycles. The highest BCUT2D eigenvalue weighted by molar-refractivity contribution is 5.14. The van der Waals surface area contributed by atoms with Crippen LogP contribution in [0.1, 0.15) is 54.4 Å². The summed E-state index contributed by atoms with van der Waals surface area (Å²) >= 11 is 0. The van der Waals surface area contributed by atoms with Gasteiger partial charge >= 0.3 is 0 Å². The van der Waals surface area contributed by atoms with Crippen LogP contribution in [-0.2, 0) is 9.47 Å². The Morgan fingerprint density at radius 1 is 1.22 bits per heavy atom. The van der Waals surface area contributed by atoms with Gasteiger partial charge in [0.25, 0.3) is 0 Å². The molecule has 0 aromatic rings. The molecule has 2 aliphatic rings. The first-order valence-corrected chi connectivity index (χ1v) is 7.26. The van der Waals surface area contributed by atoms with Crippen LogP contribution in [-0.4, -0.2) is 36.0 Å². The third-order valence-electron chi connectivity index (χ3n) is 4.36. The maximum atomic E-state index is 6.30. The van der Waals surface area contributed by atoms with Crippen molar-refractivity contribution in [2.24, 2.45) is 5.92 Å². The van der Waals surface area contributed by atoms with Crippen LogP contribution in [0.3, 0.4) is 0 Å². The van der Waals surface area contributed by atoms with Crippen molar-refractivity contribution >= 4 is 0 Å². The number of rotatable bonds is 2. The molecule has 2 saturated heterocycles. The monoisotopic (exact) mass is 255 g/mol. The van der Waals surface area contributed by atoms with Gasteiger partial charge in [0, 0.05) is 19.0 Å². The van der Waals surface area contributed by atoms with E-state index in [0.29, 0.717) is 12.0 Å². The van der Waals surface area contributed by atoms with Crippen LogP contribution in [0.5, 0.6) is 0 Å². The van der Waals surface area contributed by atoms with Gasteiger partial charge in [-0.3, -0.25) is 0 Å². The average molecular weight is 255 g/mol. The molecule has 2 atom stereocenters. The van der Waals surface area contributed by atoms with Crippen LogP contribution >= 0.6 is 0 Å². The molecule has 0 amide bonds. The maximum Gasteiger partial charge on any atom is 0.114 e. The number of hydrogen-bond donors (Lipinski definition) is 1. The minimum Gasteiger partial charge on any atom is -0.369 e. The molecule has 3 heteroatoms. The van der Waals surface area contributed by atoms with E-state index in [-0.39, 0.29) is 16.8 Å². The van der Waals surface area contributed by atoms with Gasteiger partial charge in [0.1, 0.15) is 5.60 Å². The third-order valence-corrected chi connectivity index (χ3v) is 4.36. The van der Waals surface area contributed by atoms with E-state index < -0.39 is 0 Å².